The molecule has 0 radical (unpaired) electrons. The molecule has 0 saturated heterocycles. The number of carbonyl (C=O) groups excluding carboxylic acids is 1. The highest BCUT2D eigenvalue weighted by Crippen LogP contribution is 2.21. The summed E-state index contributed by atoms with van der Waals surface area (Å²) < 4.78 is 13.9. The van der Waals surface area contributed by atoms with E-state index in [1.54, 1.807) is 18.2 Å². The second kappa shape index (κ2) is 5.37. The minimum absolute atomic E-state index is 0.205. The molecule has 0 N–H and O–H groups in total. The SMILES string of the molecule is Cc1ccc2cc(C(=O)c3ccc(Br)c(F)c3)ccc2n1. The molecule has 21 heavy (non-hydrogen) atoms. The van der Waals surface area contributed by atoms with Crippen LogP contribution in [0.25, 0.3) is 10.9 Å². The molecule has 0 fully saturated rings. The number of fused-ring (bicyclic) bond motifs is 1. The summed E-state index contributed by atoms with van der Waals surface area (Å²) in [6.07, 6.45) is 0. The predicted octanol–water partition coefficient (Wildman–Crippen LogP) is 4.68. The van der Waals surface area contributed by atoms with Crippen molar-refractivity contribution < 1.29 is 9.18 Å². The lowest BCUT2D eigenvalue weighted by Crippen LogP contribution is -2.02. The van der Waals surface area contributed by atoms with E-state index < -0.39 is 5.82 Å². The van der Waals surface area contributed by atoms with Crippen molar-refractivity contribution in [3.05, 3.63) is 75.6 Å². The zero-order chi connectivity index (χ0) is 15.0. The summed E-state index contributed by atoms with van der Waals surface area (Å²) in [4.78, 5) is 16.8. The Kier molecular flexibility index (Phi) is 3.55. The van der Waals surface area contributed by atoms with Gasteiger partial charge in [0.05, 0.1) is 9.99 Å². The molecule has 0 aliphatic carbocycles. The zero-order valence-corrected chi connectivity index (χ0v) is 12.8. The van der Waals surface area contributed by atoms with Crippen LogP contribution in [-0.2, 0) is 0 Å². The number of hydrogen-bond donors (Lipinski definition) is 0. The number of aromatic nitrogens is 1. The van der Waals surface area contributed by atoms with Crippen LogP contribution in [0.5, 0.6) is 0 Å². The van der Waals surface area contributed by atoms with Crippen LogP contribution in [0.3, 0.4) is 0 Å². The highest BCUT2D eigenvalue weighted by molar-refractivity contribution is 9.10. The van der Waals surface area contributed by atoms with Crippen LogP contribution in [0.15, 0.2) is 53.0 Å². The van der Waals surface area contributed by atoms with Gasteiger partial charge in [-0.05, 0) is 65.3 Å². The number of aryl methyl sites for hydroxylation is 1. The van der Waals surface area contributed by atoms with Crippen molar-refractivity contribution in [2.24, 2.45) is 0 Å². The average molecular weight is 344 g/mol. The van der Waals surface area contributed by atoms with Gasteiger partial charge in [0.15, 0.2) is 5.78 Å². The van der Waals surface area contributed by atoms with Crippen LogP contribution in [-0.4, -0.2) is 10.8 Å². The number of carbonyl (C=O) groups is 1. The van der Waals surface area contributed by atoms with Crippen molar-refractivity contribution in [3.63, 3.8) is 0 Å². The molecular weight excluding hydrogens is 333 g/mol. The summed E-state index contributed by atoms with van der Waals surface area (Å²) in [6, 6.07) is 13.5. The zero-order valence-electron chi connectivity index (χ0n) is 11.2. The number of halogens is 2. The Balaban J connectivity index is 2.04. The number of pyridine rings is 1. The molecule has 0 amide bonds. The van der Waals surface area contributed by atoms with Gasteiger partial charge in [-0.2, -0.15) is 0 Å². The topological polar surface area (TPSA) is 30.0 Å². The van der Waals surface area contributed by atoms with Crippen LogP contribution < -0.4 is 0 Å². The maximum Gasteiger partial charge on any atom is 0.193 e. The van der Waals surface area contributed by atoms with Gasteiger partial charge in [-0.15, -0.1) is 0 Å². The summed E-state index contributed by atoms with van der Waals surface area (Å²) in [5.74, 6) is -0.650. The van der Waals surface area contributed by atoms with Crippen LogP contribution >= 0.6 is 15.9 Å². The lowest BCUT2D eigenvalue weighted by Gasteiger charge is -2.05. The predicted molar refractivity (Wildman–Crippen MR) is 84.0 cm³/mol. The van der Waals surface area contributed by atoms with Gasteiger partial charge >= 0.3 is 0 Å². The van der Waals surface area contributed by atoms with Crippen molar-refractivity contribution in [2.75, 3.05) is 0 Å². The Morgan fingerprint density at radius 1 is 1.05 bits per heavy atom. The van der Waals surface area contributed by atoms with Crippen LogP contribution in [0.4, 0.5) is 4.39 Å². The second-order valence-corrected chi connectivity index (χ2v) is 5.67. The maximum atomic E-state index is 13.5. The molecule has 0 bridgehead atoms. The molecule has 4 heteroatoms. The number of rotatable bonds is 2. The van der Waals surface area contributed by atoms with E-state index in [1.807, 2.05) is 25.1 Å². The number of hydrogen-bond acceptors (Lipinski definition) is 2. The fourth-order valence-corrected chi connectivity index (χ4v) is 2.42. The Hall–Kier alpha value is -2.07. The van der Waals surface area contributed by atoms with Gasteiger partial charge in [0, 0.05) is 22.2 Å². The fraction of sp³-hybridized carbons (Fsp3) is 0.0588. The largest absolute Gasteiger partial charge is 0.289 e. The van der Waals surface area contributed by atoms with Crippen molar-refractivity contribution in [1.29, 1.82) is 0 Å². The molecule has 1 heterocycles. The Morgan fingerprint density at radius 3 is 2.52 bits per heavy atom. The first-order valence-corrected chi connectivity index (χ1v) is 7.21. The first-order valence-electron chi connectivity index (χ1n) is 6.42. The van der Waals surface area contributed by atoms with Gasteiger partial charge in [-0.3, -0.25) is 9.78 Å². The van der Waals surface area contributed by atoms with E-state index in [-0.39, 0.29) is 5.78 Å². The normalized spacial score (nSPS) is 10.8. The summed E-state index contributed by atoms with van der Waals surface area (Å²) >= 11 is 3.08. The summed E-state index contributed by atoms with van der Waals surface area (Å²) in [6.45, 7) is 1.92. The molecule has 1 aromatic heterocycles. The van der Waals surface area contributed by atoms with Crippen LogP contribution in [0.2, 0.25) is 0 Å². The van der Waals surface area contributed by atoms with E-state index in [2.05, 4.69) is 20.9 Å². The molecule has 0 unspecified atom stereocenters. The van der Waals surface area contributed by atoms with E-state index in [4.69, 9.17) is 0 Å². The third-order valence-electron chi connectivity index (χ3n) is 3.27. The van der Waals surface area contributed by atoms with E-state index in [0.717, 1.165) is 16.6 Å². The Bertz CT molecular complexity index is 861. The van der Waals surface area contributed by atoms with Crippen LogP contribution in [0, 0.1) is 12.7 Å². The second-order valence-electron chi connectivity index (χ2n) is 4.82. The van der Waals surface area contributed by atoms with Crippen molar-refractivity contribution >= 4 is 32.6 Å². The van der Waals surface area contributed by atoms with Gasteiger partial charge < -0.3 is 0 Å². The molecule has 2 aromatic carbocycles. The van der Waals surface area contributed by atoms with Gasteiger partial charge in [0.2, 0.25) is 0 Å². The highest BCUT2D eigenvalue weighted by atomic mass is 79.9. The number of ketones is 1. The molecule has 2 nitrogen and oxygen atoms in total. The summed E-state index contributed by atoms with van der Waals surface area (Å²) in [7, 11) is 0. The van der Waals surface area contributed by atoms with E-state index in [9.17, 15) is 9.18 Å². The molecule has 0 aliphatic rings. The van der Waals surface area contributed by atoms with E-state index in [1.165, 1.54) is 12.1 Å². The quantitative estimate of drug-likeness (QED) is 0.632. The smallest absolute Gasteiger partial charge is 0.193 e. The molecular formula is C17H11BrFNO. The van der Waals surface area contributed by atoms with Crippen molar-refractivity contribution in [3.8, 4) is 0 Å². The third kappa shape index (κ3) is 2.72. The minimum Gasteiger partial charge on any atom is -0.289 e. The standard InChI is InChI=1S/C17H11BrFNO/c1-10-2-3-11-8-12(5-7-16(11)20-10)17(21)13-4-6-14(18)15(19)9-13/h2-9H,1H3. The Morgan fingerprint density at radius 2 is 1.76 bits per heavy atom. The molecule has 0 aliphatic heterocycles. The average Bonchev–Trinajstić information content (AvgIpc) is 2.49. The summed E-state index contributed by atoms with van der Waals surface area (Å²) in [5.41, 5.74) is 2.62. The summed E-state index contributed by atoms with van der Waals surface area (Å²) in [5, 5.41) is 0.893. The maximum absolute atomic E-state index is 13.5. The third-order valence-corrected chi connectivity index (χ3v) is 3.92. The van der Waals surface area contributed by atoms with Gasteiger partial charge in [0.25, 0.3) is 0 Å². The van der Waals surface area contributed by atoms with Crippen molar-refractivity contribution in [1.82, 2.24) is 4.98 Å². The van der Waals surface area contributed by atoms with E-state index >= 15 is 0 Å². The van der Waals surface area contributed by atoms with Gasteiger partial charge in [0.1, 0.15) is 5.82 Å². The molecule has 3 rings (SSSR count). The first-order chi connectivity index (χ1) is 10.0. The molecule has 0 atom stereocenters. The lowest BCUT2D eigenvalue weighted by molar-refractivity contribution is 0.103. The number of nitrogens with zero attached hydrogens (tertiary/aromatic N) is 1. The lowest BCUT2D eigenvalue weighted by atomic mass is 10.0. The van der Waals surface area contributed by atoms with Gasteiger partial charge in [-0.25, -0.2) is 4.39 Å². The highest BCUT2D eigenvalue weighted by Gasteiger charge is 2.12. The fourth-order valence-electron chi connectivity index (χ4n) is 2.17. The van der Waals surface area contributed by atoms with E-state index in [0.29, 0.717) is 15.6 Å². The molecule has 0 saturated carbocycles. The molecule has 3 aromatic rings. The van der Waals surface area contributed by atoms with Crippen LogP contribution in [0.1, 0.15) is 21.6 Å². The van der Waals surface area contributed by atoms with Crippen molar-refractivity contribution in [2.45, 2.75) is 6.92 Å². The monoisotopic (exact) mass is 343 g/mol. The molecule has 104 valence electrons. The van der Waals surface area contributed by atoms with Gasteiger partial charge in [-0.1, -0.05) is 6.07 Å². The molecule has 0 spiro atoms. The Labute approximate surface area is 129 Å². The number of benzene rings is 2. The first kappa shape index (κ1) is 13.9. The minimum atomic E-state index is -0.445.